The van der Waals surface area contributed by atoms with E-state index in [1.165, 1.54) is 16.7 Å². The van der Waals surface area contributed by atoms with E-state index in [0.29, 0.717) is 6.54 Å². The second-order valence-corrected chi connectivity index (χ2v) is 3.95. The molecule has 0 unspecified atom stereocenters. The maximum absolute atomic E-state index is 5.71. The maximum Gasteiger partial charge on any atom is 0.0140 e. The molecule has 1 aliphatic carbocycles. The van der Waals surface area contributed by atoms with Crippen LogP contribution < -0.4 is 5.73 Å². The van der Waals surface area contributed by atoms with Crippen molar-refractivity contribution in [3.8, 4) is 0 Å². The molecular formula is C14H21N. The molecular weight excluding hydrogens is 182 g/mol. The Hall–Kier alpha value is -1.08. The highest BCUT2D eigenvalue weighted by Gasteiger charge is 2.02. The Balaban J connectivity index is 2.68. The quantitative estimate of drug-likeness (QED) is 0.695. The third kappa shape index (κ3) is 3.88. The van der Waals surface area contributed by atoms with Crippen LogP contribution in [-0.4, -0.2) is 6.54 Å². The van der Waals surface area contributed by atoms with Crippen LogP contribution in [0, 0.1) is 0 Å². The average molecular weight is 203 g/mol. The zero-order chi connectivity index (χ0) is 11.1. The van der Waals surface area contributed by atoms with Gasteiger partial charge in [0, 0.05) is 6.54 Å². The maximum atomic E-state index is 5.71. The fourth-order valence-electron chi connectivity index (χ4n) is 1.80. The molecule has 0 aromatic heterocycles. The molecule has 0 saturated heterocycles. The van der Waals surface area contributed by atoms with E-state index in [2.05, 4.69) is 44.2 Å². The summed E-state index contributed by atoms with van der Waals surface area (Å²) < 4.78 is 0. The largest absolute Gasteiger partial charge is 0.327 e. The standard InChI is InChI=1S/C14H21N/c1-3-7-13(11-15)10-12(2)14-8-5-4-6-9-14/h4-8H,3,9-11,15H2,1-2H3/b13-7+,14-12-. The van der Waals surface area contributed by atoms with Crippen LogP contribution in [0.1, 0.15) is 33.1 Å². The van der Waals surface area contributed by atoms with Crippen molar-refractivity contribution in [2.45, 2.75) is 33.1 Å². The van der Waals surface area contributed by atoms with Crippen molar-refractivity contribution >= 4 is 0 Å². The first kappa shape index (κ1) is 12.0. The molecule has 2 N–H and O–H groups in total. The van der Waals surface area contributed by atoms with Crippen LogP contribution in [0.15, 0.2) is 47.1 Å². The number of hydrogen-bond donors (Lipinski definition) is 1. The Labute approximate surface area is 93.1 Å². The summed E-state index contributed by atoms with van der Waals surface area (Å²) in [5, 5.41) is 0. The van der Waals surface area contributed by atoms with E-state index in [4.69, 9.17) is 5.73 Å². The van der Waals surface area contributed by atoms with E-state index in [1.807, 2.05) is 0 Å². The fraction of sp³-hybridized carbons (Fsp3) is 0.429. The topological polar surface area (TPSA) is 26.0 Å². The highest BCUT2D eigenvalue weighted by atomic mass is 14.5. The van der Waals surface area contributed by atoms with Crippen LogP contribution in [0.4, 0.5) is 0 Å². The molecule has 0 aliphatic heterocycles. The van der Waals surface area contributed by atoms with Gasteiger partial charge in [-0.3, -0.25) is 0 Å². The summed E-state index contributed by atoms with van der Waals surface area (Å²) in [5.74, 6) is 0. The molecule has 0 bridgehead atoms. The van der Waals surface area contributed by atoms with E-state index >= 15 is 0 Å². The lowest BCUT2D eigenvalue weighted by molar-refractivity contribution is 0.974. The van der Waals surface area contributed by atoms with E-state index < -0.39 is 0 Å². The van der Waals surface area contributed by atoms with Gasteiger partial charge in [-0.15, -0.1) is 0 Å². The Morgan fingerprint density at radius 3 is 2.80 bits per heavy atom. The summed E-state index contributed by atoms with van der Waals surface area (Å²) in [7, 11) is 0. The molecule has 0 radical (unpaired) electrons. The van der Waals surface area contributed by atoms with Gasteiger partial charge in [-0.2, -0.15) is 0 Å². The van der Waals surface area contributed by atoms with Crippen LogP contribution in [-0.2, 0) is 0 Å². The van der Waals surface area contributed by atoms with E-state index in [0.717, 1.165) is 19.3 Å². The van der Waals surface area contributed by atoms with Crippen molar-refractivity contribution < 1.29 is 0 Å². The fourth-order valence-corrected chi connectivity index (χ4v) is 1.80. The first-order valence-electron chi connectivity index (χ1n) is 5.67. The van der Waals surface area contributed by atoms with Gasteiger partial charge in [0.1, 0.15) is 0 Å². The summed E-state index contributed by atoms with van der Waals surface area (Å²) in [6.45, 7) is 5.04. The summed E-state index contributed by atoms with van der Waals surface area (Å²) >= 11 is 0. The summed E-state index contributed by atoms with van der Waals surface area (Å²) in [5.41, 5.74) is 9.95. The second-order valence-electron chi connectivity index (χ2n) is 3.95. The van der Waals surface area contributed by atoms with Crippen molar-refractivity contribution in [2.75, 3.05) is 6.54 Å². The first-order chi connectivity index (χ1) is 7.27. The molecule has 0 heterocycles. The van der Waals surface area contributed by atoms with Crippen molar-refractivity contribution in [1.29, 1.82) is 0 Å². The predicted molar refractivity (Wildman–Crippen MR) is 67.6 cm³/mol. The van der Waals surface area contributed by atoms with Crippen molar-refractivity contribution in [1.82, 2.24) is 0 Å². The van der Waals surface area contributed by atoms with Gasteiger partial charge in [0.25, 0.3) is 0 Å². The van der Waals surface area contributed by atoms with E-state index in [-0.39, 0.29) is 0 Å². The van der Waals surface area contributed by atoms with Gasteiger partial charge in [0.15, 0.2) is 0 Å². The Morgan fingerprint density at radius 2 is 2.27 bits per heavy atom. The second kappa shape index (κ2) is 6.41. The Morgan fingerprint density at radius 1 is 1.47 bits per heavy atom. The zero-order valence-corrected chi connectivity index (χ0v) is 9.79. The zero-order valence-electron chi connectivity index (χ0n) is 9.79. The number of allylic oxidation sites excluding steroid dienone is 7. The molecule has 82 valence electrons. The van der Waals surface area contributed by atoms with Crippen molar-refractivity contribution in [2.24, 2.45) is 5.73 Å². The highest BCUT2D eigenvalue weighted by Crippen LogP contribution is 2.20. The smallest absolute Gasteiger partial charge is 0.0140 e. The van der Waals surface area contributed by atoms with E-state index in [1.54, 1.807) is 0 Å². The Kier molecular flexibility index (Phi) is 5.13. The SMILES string of the molecule is CC/C=C(/CN)C/C(C)=C1/C=CC=CC1. The molecule has 1 rings (SSSR count). The van der Waals surface area contributed by atoms with Gasteiger partial charge in [-0.05, 0) is 31.8 Å². The molecule has 1 heteroatoms. The lowest BCUT2D eigenvalue weighted by Gasteiger charge is -2.10. The predicted octanol–water partition coefficient (Wildman–Crippen LogP) is 3.50. The molecule has 0 fully saturated rings. The van der Waals surface area contributed by atoms with Gasteiger partial charge in [-0.25, -0.2) is 0 Å². The van der Waals surface area contributed by atoms with Crippen molar-refractivity contribution in [3.05, 3.63) is 47.1 Å². The number of nitrogens with two attached hydrogens (primary N) is 1. The molecule has 15 heavy (non-hydrogen) atoms. The van der Waals surface area contributed by atoms with Crippen LogP contribution >= 0.6 is 0 Å². The summed E-state index contributed by atoms with van der Waals surface area (Å²) in [6, 6.07) is 0. The molecule has 0 aromatic carbocycles. The molecule has 0 saturated carbocycles. The van der Waals surface area contributed by atoms with Crippen LogP contribution in [0.2, 0.25) is 0 Å². The molecule has 0 aromatic rings. The van der Waals surface area contributed by atoms with Crippen molar-refractivity contribution in [3.63, 3.8) is 0 Å². The minimum atomic E-state index is 0.679. The lowest BCUT2D eigenvalue weighted by atomic mass is 9.96. The lowest BCUT2D eigenvalue weighted by Crippen LogP contribution is -2.04. The van der Waals surface area contributed by atoms with Gasteiger partial charge in [0.2, 0.25) is 0 Å². The highest BCUT2D eigenvalue weighted by molar-refractivity contribution is 5.35. The third-order valence-corrected chi connectivity index (χ3v) is 2.68. The van der Waals surface area contributed by atoms with Crippen LogP contribution in [0.5, 0.6) is 0 Å². The number of hydrogen-bond acceptors (Lipinski definition) is 1. The molecule has 1 nitrogen and oxygen atoms in total. The van der Waals surface area contributed by atoms with Gasteiger partial charge < -0.3 is 5.73 Å². The molecule has 0 amide bonds. The minimum absolute atomic E-state index is 0.679. The average Bonchev–Trinajstić information content (AvgIpc) is 2.29. The van der Waals surface area contributed by atoms with Crippen LogP contribution in [0.25, 0.3) is 0 Å². The van der Waals surface area contributed by atoms with Crippen LogP contribution in [0.3, 0.4) is 0 Å². The van der Waals surface area contributed by atoms with Gasteiger partial charge in [-0.1, -0.05) is 48.5 Å². The van der Waals surface area contributed by atoms with E-state index in [9.17, 15) is 0 Å². The summed E-state index contributed by atoms with van der Waals surface area (Å²) in [6.07, 6.45) is 14.0. The Bertz CT molecular complexity index is 316. The third-order valence-electron chi connectivity index (χ3n) is 2.68. The minimum Gasteiger partial charge on any atom is -0.327 e. The van der Waals surface area contributed by atoms with Gasteiger partial charge >= 0.3 is 0 Å². The summed E-state index contributed by atoms with van der Waals surface area (Å²) in [4.78, 5) is 0. The molecule has 0 spiro atoms. The molecule has 1 aliphatic rings. The van der Waals surface area contributed by atoms with Gasteiger partial charge in [0.05, 0.1) is 0 Å². The first-order valence-corrected chi connectivity index (χ1v) is 5.67. The normalized spacial score (nSPS) is 19.5. The monoisotopic (exact) mass is 203 g/mol. The molecule has 0 atom stereocenters. The number of rotatable bonds is 4.